The van der Waals surface area contributed by atoms with Gasteiger partial charge in [-0.15, -0.1) is 0 Å². The molecule has 1 saturated heterocycles. The summed E-state index contributed by atoms with van der Waals surface area (Å²) < 4.78 is 41.7. The first-order valence-electron chi connectivity index (χ1n) is 9.49. The Morgan fingerprint density at radius 3 is 2.90 bits per heavy atom. The summed E-state index contributed by atoms with van der Waals surface area (Å²) in [5.74, 6) is 0.0857. The van der Waals surface area contributed by atoms with Gasteiger partial charge in [0.1, 0.15) is 5.75 Å². The van der Waals surface area contributed by atoms with E-state index in [1.807, 2.05) is 25.1 Å². The number of ether oxygens (including phenoxy) is 1. The van der Waals surface area contributed by atoms with Gasteiger partial charge in [-0.3, -0.25) is 14.7 Å². The van der Waals surface area contributed by atoms with Gasteiger partial charge < -0.3 is 10.1 Å². The minimum absolute atomic E-state index is 0.000172. The summed E-state index contributed by atoms with van der Waals surface area (Å²) in [7, 11) is 0. The van der Waals surface area contributed by atoms with Crippen molar-refractivity contribution in [3.8, 4) is 5.75 Å². The molecule has 29 heavy (non-hydrogen) atoms. The molecule has 0 aliphatic carbocycles. The topological polar surface area (TPSA) is 54.5 Å². The number of likely N-dealkylation sites (tertiary alicyclic amines) is 1. The number of benzene rings is 1. The van der Waals surface area contributed by atoms with Crippen molar-refractivity contribution < 1.29 is 22.7 Å². The number of carbonyl (C=O) groups excluding carboxylic acids is 1. The van der Waals surface area contributed by atoms with E-state index in [9.17, 15) is 18.0 Å². The van der Waals surface area contributed by atoms with E-state index in [-0.39, 0.29) is 17.6 Å². The fourth-order valence-electron chi connectivity index (χ4n) is 3.37. The molecule has 1 aromatic carbocycles. The first-order valence-corrected chi connectivity index (χ1v) is 9.49. The zero-order chi connectivity index (χ0) is 20.9. The van der Waals surface area contributed by atoms with Crippen LogP contribution in [-0.2, 0) is 17.9 Å². The van der Waals surface area contributed by atoms with Gasteiger partial charge in [0.25, 0.3) is 0 Å². The molecule has 1 amide bonds. The monoisotopic (exact) mass is 407 g/mol. The maximum atomic E-state index is 12.5. The summed E-state index contributed by atoms with van der Waals surface area (Å²) in [4.78, 5) is 18.9. The van der Waals surface area contributed by atoms with Gasteiger partial charge in [0.15, 0.2) is 6.61 Å². The molecule has 1 aromatic heterocycles. The van der Waals surface area contributed by atoms with Crippen molar-refractivity contribution >= 4 is 5.91 Å². The van der Waals surface area contributed by atoms with Crippen LogP contribution >= 0.6 is 0 Å². The van der Waals surface area contributed by atoms with Crippen LogP contribution in [0.15, 0.2) is 42.6 Å². The minimum atomic E-state index is -4.36. The molecule has 156 valence electrons. The summed E-state index contributed by atoms with van der Waals surface area (Å²) in [6, 6.07) is 10.5. The molecule has 2 heterocycles. The van der Waals surface area contributed by atoms with Gasteiger partial charge in [0.05, 0.1) is 18.2 Å². The van der Waals surface area contributed by atoms with Crippen molar-refractivity contribution in [3.63, 3.8) is 0 Å². The van der Waals surface area contributed by atoms with E-state index >= 15 is 0 Å². The summed E-state index contributed by atoms with van der Waals surface area (Å²) in [5, 5.41) is 2.95. The number of hydrogen-bond acceptors (Lipinski definition) is 4. The molecule has 8 heteroatoms. The third-order valence-corrected chi connectivity index (χ3v) is 4.90. The largest absolute Gasteiger partial charge is 0.484 e. The number of halogens is 3. The first kappa shape index (κ1) is 21.1. The summed E-state index contributed by atoms with van der Waals surface area (Å²) in [5.41, 5.74) is 2.75. The van der Waals surface area contributed by atoms with E-state index in [4.69, 9.17) is 4.74 Å². The predicted molar refractivity (Wildman–Crippen MR) is 102 cm³/mol. The number of alkyl halides is 3. The molecular weight excluding hydrogens is 383 g/mol. The third kappa shape index (κ3) is 6.45. The van der Waals surface area contributed by atoms with Crippen LogP contribution in [0, 0.1) is 12.8 Å². The van der Waals surface area contributed by atoms with Crippen molar-refractivity contribution in [2.24, 2.45) is 5.92 Å². The number of nitrogens with one attached hydrogen (secondary N) is 1. The minimum Gasteiger partial charge on any atom is -0.484 e. The van der Waals surface area contributed by atoms with Crippen molar-refractivity contribution in [2.75, 3.05) is 19.7 Å². The maximum Gasteiger partial charge on any atom is 0.422 e. The molecule has 3 rings (SSSR count). The third-order valence-electron chi connectivity index (χ3n) is 4.90. The van der Waals surface area contributed by atoms with Crippen LogP contribution in [0.2, 0.25) is 0 Å². The predicted octanol–water partition coefficient (Wildman–Crippen LogP) is 3.47. The number of nitrogens with zero attached hydrogens (tertiary/aromatic N) is 2. The van der Waals surface area contributed by atoms with Gasteiger partial charge >= 0.3 is 6.18 Å². The molecule has 5 nitrogen and oxygen atoms in total. The zero-order valence-corrected chi connectivity index (χ0v) is 16.2. The van der Waals surface area contributed by atoms with Crippen LogP contribution in [0.5, 0.6) is 5.75 Å². The number of hydrogen-bond donors (Lipinski definition) is 1. The Morgan fingerprint density at radius 1 is 1.31 bits per heavy atom. The molecule has 0 bridgehead atoms. The molecule has 2 aromatic rings. The normalized spacial score (nSPS) is 17.3. The number of rotatable bonds is 7. The van der Waals surface area contributed by atoms with Crippen molar-refractivity contribution in [3.05, 3.63) is 59.4 Å². The highest BCUT2D eigenvalue weighted by Crippen LogP contribution is 2.23. The molecule has 0 radical (unpaired) electrons. The number of pyridine rings is 1. The zero-order valence-electron chi connectivity index (χ0n) is 16.2. The van der Waals surface area contributed by atoms with Gasteiger partial charge in [-0.05, 0) is 49.2 Å². The van der Waals surface area contributed by atoms with Crippen LogP contribution in [0.4, 0.5) is 13.2 Å². The first-order chi connectivity index (χ1) is 13.8. The van der Waals surface area contributed by atoms with Crippen LogP contribution < -0.4 is 10.1 Å². The molecule has 0 saturated carbocycles. The number of carbonyl (C=O) groups is 1. The summed E-state index contributed by atoms with van der Waals surface area (Å²) in [6.45, 7) is 2.98. The second-order valence-corrected chi connectivity index (χ2v) is 7.26. The quantitative estimate of drug-likeness (QED) is 0.764. The standard InChI is InChI=1S/C21H24F3N3O2/c1-15-4-3-8-25-19(15)11-26-20(28)17-7-9-27(13-17)12-16-5-2-6-18(10-16)29-14-21(22,23)24/h2-6,8,10,17H,7,9,11-14H2,1H3,(H,26,28). The second kappa shape index (κ2) is 9.26. The van der Waals surface area contributed by atoms with Gasteiger partial charge in [-0.25, -0.2) is 0 Å². The van der Waals surface area contributed by atoms with E-state index in [2.05, 4.69) is 15.2 Å². The van der Waals surface area contributed by atoms with Gasteiger partial charge in [0, 0.05) is 19.3 Å². The van der Waals surface area contributed by atoms with Crippen molar-refractivity contribution in [2.45, 2.75) is 32.6 Å². The Morgan fingerprint density at radius 2 is 2.14 bits per heavy atom. The Kier molecular flexibility index (Phi) is 6.74. The lowest BCUT2D eigenvalue weighted by molar-refractivity contribution is -0.153. The fraction of sp³-hybridized carbons (Fsp3) is 0.429. The SMILES string of the molecule is Cc1cccnc1CNC(=O)C1CCN(Cc2cccc(OCC(F)(F)F)c2)C1. The Hall–Kier alpha value is -2.61. The van der Waals surface area contributed by atoms with Crippen LogP contribution in [0.25, 0.3) is 0 Å². The Balaban J connectivity index is 1.48. The lowest BCUT2D eigenvalue weighted by Crippen LogP contribution is -2.32. The average molecular weight is 407 g/mol. The van der Waals surface area contributed by atoms with E-state index in [1.165, 1.54) is 6.07 Å². The number of aryl methyl sites for hydroxylation is 1. The molecule has 1 atom stereocenters. The summed E-state index contributed by atoms with van der Waals surface area (Å²) in [6.07, 6.45) is -1.91. The number of amides is 1. The van der Waals surface area contributed by atoms with Gasteiger partial charge in [0.2, 0.25) is 5.91 Å². The van der Waals surface area contributed by atoms with E-state index in [0.29, 0.717) is 19.6 Å². The Labute approximate surface area is 167 Å². The molecule has 1 aliphatic rings. The molecule has 1 fully saturated rings. The molecular formula is C21H24F3N3O2. The van der Waals surface area contributed by atoms with Crippen molar-refractivity contribution in [1.29, 1.82) is 0 Å². The van der Waals surface area contributed by atoms with E-state index in [1.54, 1.807) is 18.3 Å². The highest BCUT2D eigenvalue weighted by Gasteiger charge is 2.29. The van der Waals surface area contributed by atoms with Gasteiger partial charge in [-0.2, -0.15) is 13.2 Å². The smallest absolute Gasteiger partial charge is 0.422 e. The highest BCUT2D eigenvalue weighted by molar-refractivity contribution is 5.79. The summed E-state index contributed by atoms with van der Waals surface area (Å²) >= 11 is 0. The van der Waals surface area contributed by atoms with E-state index < -0.39 is 12.8 Å². The highest BCUT2D eigenvalue weighted by atomic mass is 19.4. The lowest BCUT2D eigenvalue weighted by Gasteiger charge is -2.17. The molecule has 0 spiro atoms. The molecule has 1 unspecified atom stereocenters. The second-order valence-electron chi connectivity index (χ2n) is 7.26. The fourth-order valence-corrected chi connectivity index (χ4v) is 3.37. The van der Waals surface area contributed by atoms with Crippen LogP contribution in [-0.4, -0.2) is 41.7 Å². The maximum absolute atomic E-state index is 12.5. The van der Waals surface area contributed by atoms with Crippen LogP contribution in [0.3, 0.4) is 0 Å². The molecule has 1 aliphatic heterocycles. The van der Waals surface area contributed by atoms with Crippen LogP contribution in [0.1, 0.15) is 23.2 Å². The van der Waals surface area contributed by atoms with Crippen molar-refractivity contribution in [1.82, 2.24) is 15.2 Å². The van der Waals surface area contributed by atoms with E-state index in [0.717, 1.165) is 29.8 Å². The number of aromatic nitrogens is 1. The lowest BCUT2D eigenvalue weighted by atomic mass is 10.1. The van der Waals surface area contributed by atoms with Gasteiger partial charge in [-0.1, -0.05) is 18.2 Å². The Bertz CT molecular complexity index is 842. The average Bonchev–Trinajstić information content (AvgIpc) is 3.14. The molecule has 1 N–H and O–H groups in total.